The molecule has 1 saturated heterocycles. The molecule has 2 unspecified atom stereocenters. The molecular weight excluding hydrogens is 146 g/mol. The first-order chi connectivity index (χ1) is 5.52. The monoisotopic (exact) mass is 167 g/mol. The zero-order chi connectivity index (χ0) is 8.82. The van der Waals surface area contributed by atoms with Gasteiger partial charge in [-0.05, 0) is 43.1 Å². The summed E-state index contributed by atoms with van der Waals surface area (Å²) >= 11 is 0. The lowest BCUT2D eigenvalue weighted by molar-refractivity contribution is 0.216. The van der Waals surface area contributed by atoms with Crippen LogP contribution in [0.15, 0.2) is 0 Å². The Morgan fingerprint density at radius 2 is 2.00 bits per heavy atom. The number of hydrogen-bond donors (Lipinski definition) is 1. The maximum atomic E-state index is 3.64. The molecule has 2 rings (SSSR count). The van der Waals surface area contributed by atoms with Crippen molar-refractivity contribution in [2.45, 2.75) is 52.5 Å². The highest BCUT2D eigenvalue weighted by Crippen LogP contribution is 2.54. The van der Waals surface area contributed by atoms with Gasteiger partial charge < -0.3 is 5.32 Å². The molecule has 1 aliphatic carbocycles. The average Bonchev–Trinajstić information content (AvgIpc) is 2.49. The molecule has 1 heteroatoms. The Bertz CT molecular complexity index is 183. The molecule has 1 N–H and O–H groups in total. The van der Waals surface area contributed by atoms with Crippen LogP contribution in [0.4, 0.5) is 0 Å². The fraction of sp³-hybridized carbons (Fsp3) is 1.00. The Kier molecular flexibility index (Phi) is 1.76. The molecule has 2 fully saturated rings. The smallest absolute Gasteiger partial charge is 0.0127 e. The molecule has 0 amide bonds. The molecule has 1 saturated carbocycles. The van der Waals surface area contributed by atoms with E-state index in [4.69, 9.17) is 0 Å². The summed E-state index contributed by atoms with van der Waals surface area (Å²) in [6.45, 7) is 8.54. The van der Waals surface area contributed by atoms with Gasteiger partial charge in [-0.15, -0.1) is 0 Å². The zero-order valence-corrected chi connectivity index (χ0v) is 8.61. The first-order valence-corrected chi connectivity index (χ1v) is 5.25. The highest BCUT2D eigenvalue weighted by atomic mass is 15.0. The summed E-state index contributed by atoms with van der Waals surface area (Å²) in [5.74, 6) is 0. The number of rotatable bonds is 0. The van der Waals surface area contributed by atoms with Crippen molar-refractivity contribution in [2.75, 3.05) is 6.54 Å². The number of hydrogen-bond acceptors (Lipinski definition) is 1. The van der Waals surface area contributed by atoms with Crippen LogP contribution in [0.1, 0.15) is 46.5 Å². The SMILES string of the molecule is CC1(C)CCCNC2CC2(C)C1. The Morgan fingerprint density at radius 1 is 1.25 bits per heavy atom. The molecule has 0 aromatic carbocycles. The van der Waals surface area contributed by atoms with E-state index in [0.29, 0.717) is 10.8 Å². The van der Waals surface area contributed by atoms with Gasteiger partial charge in [0.25, 0.3) is 0 Å². The Morgan fingerprint density at radius 3 is 2.75 bits per heavy atom. The van der Waals surface area contributed by atoms with Gasteiger partial charge >= 0.3 is 0 Å². The lowest BCUT2D eigenvalue weighted by atomic mass is 9.77. The van der Waals surface area contributed by atoms with Crippen molar-refractivity contribution in [3.05, 3.63) is 0 Å². The maximum absolute atomic E-state index is 3.64. The highest BCUT2D eigenvalue weighted by molar-refractivity contribution is 5.07. The molecule has 70 valence electrons. The van der Waals surface area contributed by atoms with E-state index in [0.717, 1.165) is 6.04 Å². The molecule has 2 atom stereocenters. The van der Waals surface area contributed by atoms with Gasteiger partial charge in [-0.1, -0.05) is 20.8 Å². The van der Waals surface area contributed by atoms with Gasteiger partial charge in [0.05, 0.1) is 0 Å². The summed E-state index contributed by atoms with van der Waals surface area (Å²) in [5.41, 5.74) is 1.23. The van der Waals surface area contributed by atoms with Crippen LogP contribution in [-0.2, 0) is 0 Å². The predicted octanol–water partition coefficient (Wildman–Crippen LogP) is 2.56. The van der Waals surface area contributed by atoms with E-state index < -0.39 is 0 Å². The Balaban J connectivity index is 2.04. The summed E-state index contributed by atoms with van der Waals surface area (Å²) in [6.07, 6.45) is 5.58. The fourth-order valence-electron chi connectivity index (χ4n) is 2.95. The molecule has 2 aliphatic rings. The van der Waals surface area contributed by atoms with Crippen molar-refractivity contribution in [3.8, 4) is 0 Å². The van der Waals surface area contributed by atoms with Gasteiger partial charge in [-0.2, -0.15) is 0 Å². The van der Waals surface area contributed by atoms with Gasteiger partial charge in [0.1, 0.15) is 0 Å². The lowest BCUT2D eigenvalue weighted by Gasteiger charge is -2.31. The van der Waals surface area contributed by atoms with Crippen molar-refractivity contribution in [3.63, 3.8) is 0 Å². The largest absolute Gasteiger partial charge is 0.313 e. The number of nitrogens with one attached hydrogen (secondary N) is 1. The van der Waals surface area contributed by atoms with Crippen LogP contribution in [0.3, 0.4) is 0 Å². The molecule has 0 spiro atoms. The van der Waals surface area contributed by atoms with Crippen LogP contribution in [0.2, 0.25) is 0 Å². The molecule has 0 radical (unpaired) electrons. The third kappa shape index (κ3) is 1.52. The van der Waals surface area contributed by atoms with Crippen LogP contribution >= 0.6 is 0 Å². The fourth-order valence-corrected chi connectivity index (χ4v) is 2.95. The predicted molar refractivity (Wildman–Crippen MR) is 52.1 cm³/mol. The molecule has 1 nitrogen and oxygen atoms in total. The minimum Gasteiger partial charge on any atom is -0.313 e. The highest BCUT2D eigenvalue weighted by Gasteiger charge is 2.52. The molecule has 12 heavy (non-hydrogen) atoms. The topological polar surface area (TPSA) is 12.0 Å². The summed E-state index contributed by atoms with van der Waals surface area (Å²) in [5, 5.41) is 3.64. The van der Waals surface area contributed by atoms with E-state index in [9.17, 15) is 0 Å². The molecule has 1 heterocycles. The number of fused-ring (bicyclic) bond motifs is 1. The van der Waals surface area contributed by atoms with Crippen LogP contribution in [-0.4, -0.2) is 12.6 Å². The van der Waals surface area contributed by atoms with Crippen molar-refractivity contribution in [2.24, 2.45) is 10.8 Å². The van der Waals surface area contributed by atoms with Crippen LogP contribution in [0.25, 0.3) is 0 Å². The third-order valence-electron chi connectivity index (χ3n) is 3.66. The minimum absolute atomic E-state index is 0.589. The second kappa shape index (κ2) is 2.47. The maximum Gasteiger partial charge on any atom is 0.0127 e. The first kappa shape index (κ1) is 8.55. The summed E-state index contributed by atoms with van der Waals surface area (Å²) < 4.78 is 0. The summed E-state index contributed by atoms with van der Waals surface area (Å²) in [7, 11) is 0. The van der Waals surface area contributed by atoms with Gasteiger partial charge in [-0.3, -0.25) is 0 Å². The van der Waals surface area contributed by atoms with E-state index in [1.165, 1.54) is 32.2 Å². The second-order valence-corrected chi connectivity index (χ2v) is 5.81. The zero-order valence-electron chi connectivity index (χ0n) is 8.61. The molecule has 0 aromatic rings. The normalized spacial score (nSPS) is 45.8. The first-order valence-electron chi connectivity index (χ1n) is 5.25. The molecule has 0 bridgehead atoms. The third-order valence-corrected chi connectivity index (χ3v) is 3.66. The van der Waals surface area contributed by atoms with Crippen LogP contribution < -0.4 is 5.32 Å². The molecule has 0 aromatic heterocycles. The van der Waals surface area contributed by atoms with Crippen molar-refractivity contribution >= 4 is 0 Å². The summed E-state index contributed by atoms with van der Waals surface area (Å²) in [6, 6.07) is 0.845. The van der Waals surface area contributed by atoms with Gasteiger partial charge in [0.2, 0.25) is 0 Å². The second-order valence-electron chi connectivity index (χ2n) is 5.81. The van der Waals surface area contributed by atoms with E-state index >= 15 is 0 Å². The minimum atomic E-state index is 0.589. The van der Waals surface area contributed by atoms with E-state index in [1.807, 2.05) is 0 Å². The Labute approximate surface area is 75.9 Å². The molecular formula is C11H21N. The van der Waals surface area contributed by atoms with Crippen molar-refractivity contribution in [1.29, 1.82) is 0 Å². The Hall–Kier alpha value is -0.0400. The average molecular weight is 167 g/mol. The standard InChI is InChI=1S/C11H21N/c1-10(2)5-4-6-12-9-7-11(9,3)8-10/h9,12H,4-8H2,1-3H3. The van der Waals surface area contributed by atoms with Crippen molar-refractivity contribution < 1.29 is 0 Å². The van der Waals surface area contributed by atoms with E-state index in [1.54, 1.807) is 0 Å². The van der Waals surface area contributed by atoms with Gasteiger partial charge in [-0.25, -0.2) is 0 Å². The van der Waals surface area contributed by atoms with Crippen LogP contribution in [0, 0.1) is 10.8 Å². The van der Waals surface area contributed by atoms with E-state index in [2.05, 4.69) is 26.1 Å². The molecule has 1 aliphatic heterocycles. The van der Waals surface area contributed by atoms with E-state index in [-0.39, 0.29) is 0 Å². The van der Waals surface area contributed by atoms with Crippen molar-refractivity contribution in [1.82, 2.24) is 5.32 Å². The lowest BCUT2D eigenvalue weighted by Crippen LogP contribution is -2.30. The van der Waals surface area contributed by atoms with Crippen LogP contribution in [0.5, 0.6) is 0 Å². The van der Waals surface area contributed by atoms with Gasteiger partial charge in [0.15, 0.2) is 0 Å². The van der Waals surface area contributed by atoms with Gasteiger partial charge in [0, 0.05) is 6.04 Å². The quantitative estimate of drug-likeness (QED) is 0.584. The summed E-state index contributed by atoms with van der Waals surface area (Å²) in [4.78, 5) is 0.